The highest BCUT2D eigenvalue weighted by Crippen LogP contribution is 1.95. The highest BCUT2D eigenvalue weighted by Gasteiger charge is 1.83. The zero-order valence-corrected chi connectivity index (χ0v) is 4.20. The van der Waals surface area contributed by atoms with E-state index in [1.165, 1.54) is 0 Å². The highest BCUT2D eigenvalue weighted by molar-refractivity contribution is 4.43. The summed E-state index contributed by atoms with van der Waals surface area (Å²) in [5.41, 5.74) is -0.846. The predicted molar refractivity (Wildman–Crippen MR) is 36.6 cm³/mol. The predicted octanol–water partition coefficient (Wildman–Crippen LogP) is 0.464. The van der Waals surface area contributed by atoms with E-state index < -0.39 is 50.0 Å². The third kappa shape index (κ3) is 5.92. The van der Waals surface area contributed by atoms with Gasteiger partial charge in [0.15, 0.2) is 0 Å². The van der Waals surface area contributed by atoms with E-state index in [4.69, 9.17) is 16.6 Å². The van der Waals surface area contributed by atoms with E-state index in [0.29, 0.717) is 0 Å². The van der Waals surface area contributed by atoms with Crippen molar-refractivity contribution in [3.63, 3.8) is 0 Å². The quantitative estimate of drug-likeness (QED) is 0.523. The minimum Gasteiger partial charge on any atom is -0.330 e. The van der Waals surface area contributed by atoms with Gasteiger partial charge in [-0.3, -0.25) is 0 Å². The molecule has 4 N–H and O–H groups in total. The summed E-state index contributed by atoms with van der Waals surface area (Å²) in [6, 6.07) is 0. The molecule has 50 valence electrons. The van der Waals surface area contributed by atoms with Gasteiger partial charge < -0.3 is 11.4 Å². The molecule has 2 nitrogen and oxygen atoms in total. The standard InChI is InChI=1S/C6H16N2/c7-5-3-1-2-4-6-8/h1-8H2/i1D,2D,3D,4D,5D2,6D2/hD4. The third-order valence-electron chi connectivity index (χ3n) is 0.453. The zero-order valence-electron chi connectivity index (χ0n) is 16.2. The molecule has 0 aliphatic heterocycles. The molecule has 0 aromatic heterocycles. The fraction of sp³-hybridized carbons (Fsp3) is 1.00. The maximum absolute atomic E-state index is 7.55. The first kappa shape index (κ1) is 1.06. The maximum atomic E-state index is 7.55. The summed E-state index contributed by atoms with van der Waals surface area (Å²) in [5, 5.41) is 0. The summed E-state index contributed by atoms with van der Waals surface area (Å²) in [4.78, 5) is 0. The Hall–Kier alpha value is -0.0800. The van der Waals surface area contributed by atoms with E-state index in [-0.39, 0.29) is 0 Å². The molecule has 4 unspecified atom stereocenters. The first-order valence-corrected chi connectivity index (χ1v) is 2.02. The van der Waals surface area contributed by atoms with Gasteiger partial charge in [-0.05, 0) is 25.8 Å². The van der Waals surface area contributed by atoms with Crippen molar-refractivity contribution in [3.8, 4) is 0 Å². The summed E-state index contributed by atoms with van der Waals surface area (Å²) >= 11 is 0. The van der Waals surface area contributed by atoms with Crippen molar-refractivity contribution >= 4 is 0 Å². The second kappa shape index (κ2) is 6.92. The lowest BCUT2D eigenvalue weighted by Gasteiger charge is -1.94. The van der Waals surface area contributed by atoms with Crippen molar-refractivity contribution in [2.24, 2.45) is 11.4 Å². The third-order valence-corrected chi connectivity index (χ3v) is 0.453. The van der Waals surface area contributed by atoms with Crippen molar-refractivity contribution in [2.75, 3.05) is 13.0 Å². The van der Waals surface area contributed by atoms with Crippen LogP contribution < -0.4 is 11.4 Å². The monoisotopic (exact) mass is 128 g/mol. The molecule has 0 aliphatic rings. The van der Waals surface area contributed by atoms with Crippen LogP contribution in [0.1, 0.15) is 36.6 Å². The fourth-order valence-electron chi connectivity index (χ4n) is 0.197. The normalized spacial score (nSPS) is 51.8. The fourth-order valence-corrected chi connectivity index (χ4v) is 0.197. The number of rotatable bonds is 7. The van der Waals surface area contributed by atoms with Gasteiger partial charge in [-0.1, -0.05) is 12.8 Å². The van der Waals surface area contributed by atoms with Crippen molar-refractivity contribution in [1.29, 1.82) is 0 Å². The summed E-state index contributed by atoms with van der Waals surface area (Å²) in [7, 11) is 0. The second-order valence-corrected chi connectivity index (χ2v) is 0.976. The van der Waals surface area contributed by atoms with Gasteiger partial charge in [0.1, 0.15) is 5.65 Å². The first-order chi connectivity index (χ1) is 8.77. The lowest BCUT2D eigenvalue weighted by atomic mass is 10.2. The van der Waals surface area contributed by atoms with Crippen LogP contribution in [0, 0.1) is 0 Å². The average Bonchev–Trinajstić information content (AvgIpc) is 2.34. The molecule has 2 heteroatoms. The van der Waals surface area contributed by atoms with Crippen LogP contribution in [-0.4, -0.2) is 13.0 Å². The minimum absolute atomic E-state index is 0.423. The molecule has 0 radical (unpaired) electrons. The summed E-state index contributed by atoms with van der Waals surface area (Å²) in [6.45, 7) is -5.75. The van der Waals surface area contributed by atoms with E-state index in [1.807, 2.05) is 0 Å². The maximum Gasteiger partial charge on any atom is 0.118 e. The zero-order chi connectivity index (χ0) is 16.5. The van der Waals surface area contributed by atoms with Crippen LogP contribution in [0.25, 0.3) is 0 Å². The molecule has 0 amide bonds. The van der Waals surface area contributed by atoms with Crippen LogP contribution in [0.3, 0.4) is 0 Å². The van der Waals surface area contributed by atoms with E-state index in [2.05, 4.69) is 0 Å². The molecule has 4 atom stereocenters. The molecule has 0 rings (SSSR count). The molecular formula is C6H16N2. The van der Waals surface area contributed by atoms with Gasteiger partial charge in [-0.2, -0.15) is 0 Å². The molecule has 0 aliphatic carbocycles. The van der Waals surface area contributed by atoms with Crippen molar-refractivity contribution in [2.45, 2.75) is 25.6 Å². The van der Waals surface area contributed by atoms with E-state index >= 15 is 0 Å². The van der Waals surface area contributed by atoms with Gasteiger partial charge in [-0.25, -0.2) is 0 Å². The summed E-state index contributed by atoms with van der Waals surface area (Å²) in [5.74, 6) is 0. The second-order valence-electron chi connectivity index (χ2n) is 0.976. The molecule has 0 aromatic rings. The minimum atomic E-state index is -2.88. The highest BCUT2D eigenvalue weighted by atomic mass is 14.5. The van der Waals surface area contributed by atoms with Crippen LogP contribution in [0.15, 0.2) is 0 Å². The summed E-state index contributed by atoms with van der Waals surface area (Å²) in [6.07, 6.45) is -7.98. The Morgan fingerprint density at radius 1 is 1.00 bits per heavy atom. The SMILES string of the molecule is [2H]C(C([2H])C([2H])C([2H])([2H])N([2H])[2H])C([2H])C([2H])([2H])N([2H])[2H]. The number of nitrogens with two attached hydrogens (primary N) is 2. The molecule has 0 heterocycles. The van der Waals surface area contributed by atoms with Crippen LogP contribution >= 0.6 is 0 Å². The van der Waals surface area contributed by atoms with Crippen LogP contribution in [0.5, 0.6) is 0 Å². The Labute approximate surface area is 68.3 Å². The molecule has 0 bridgehead atoms. The van der Waals surface area contributed by atoms with Gasteiger partial charge in [0, 0.05) is 11.0 Å². The van der Waals surface area contributed by atoms with Gasteiger partial charge in [0.2, 0.25) is 0 Å². The Morgan fingerprint density at radius 2 is 1.50 bits per heavy atom. The Morgan fingerprint density at radius 3 is 1.88 bits per heavy atom. The lowest BCUT2D eigenvalue weighted by molar-refractivity contribution is 0.653. The van der Waals surface area contributed by atoms with E-state index in [1.54, 1.807) is 0 Å². The molecule has 0 saturated heterocycles. The Balaban J connectivity index is 5.08. The van der Waals surface area contributed by atoms with Gasteiger partial charge in [0.25, 0.3) is 0 Å². The van der Waals surface area contributed by atoms with E-state index in [9.17, 15) is 0 Å². The lowest BCUT2D eigenvalue weighted by Crippen LogP contribution is -2.00. The first-order valence-electron chi connectivity index (χ1n) is 8.12. The largest absolute Gasteiger partial charge is 0.330 e. The number of hydrogen-bond donors (Lipinski definition) is 2. The van der Waals surface area contributed by atoms with Crippen molar-refractivity contribution in [3.05, 3.63) is 0 Å². The molecule has 8 heavy (non-hydrogen) atoms. The molecule has 0 fully saturated rings. The van der Waals surface area contributed by atoms with Crippen molar-refractivity contribution < 1.29 is 16.6 Å². The average molecular weight is 128 g/mol. The van der Waals surface area contributed by atoms with Gasteiger partial charge >= 0.3 is 0 Å². The van der Waals surface area contributed by atoms with Crippen LogP contribution in [0.2, 0.25) is 5.65 Å². The molecule has 0 aromatic carbocycles. The Bertz CT molecular complexity index is 278. The van der Waals surface area contributed by atoms with Crippen LogP contribution in [0.4, 0.5) is 0 Å². The molecule has 0 spiro atoms. The molecular weight excluding hydrogens is 100 g/mol. The van der Waals surface area contributed by atoms with Crippen LogP contribution in [-0.2, 0) is 0 Å². The van der Waals surface area contributed by atoms with Gasteiger partial charge in [0.05, 0.1) is 0 Å². The molecule has 0 saturated carbocycles. The topological polar surface area (TPSA) is 52.0 Å². The van der Waals surface area contributed by atoms with Gasteiger partial charge in [-0.15, -0.1) is 0 Å². The Kier molecular flexibility index (Phi) is 0.916. The van der Waals surface area contributed by atoms with Crippen molar-refractivity contribution in [1.82, 2.24) is 0 Å². The number of hydrogen-bond acceptors (Lipinski definition) is 2. The summed E-state index contributed by atoms with van der Waals surface area (Å²) < 4.78 is 86.4. The van der Waals surface area contributed by atoms with E-state index in [0.717, 1.165) is 0 Å². The smallest absolute Gasteiger partial charge is 0.118 e.